The van der Waals surface area contributed by atoms with Crippen molar-refractivity contribution in [3.63, 3.8) is 0 Å². The van der Waals surface area contributed by atoms with Crippen LogP contribution in [0.5, 0.6) is 0 Å². The van der Waals surface area contributed by atoms with Gasteiger partial charge in [-0.2, -0.15) is 9.29 Å². The highest BCUT2D eigenvalue weighted by atomic mass is 32.2. The Balaban J connectivity index is 1.47. The SMILES string of the molecule is CNC(=O)c1ccc(S(=O)(=O)N2CCN(c3nc4ccccc4o3)CC2)cc1. The summed E-state index contributed by atoms with van der Waals surface area (Å²) in [6.07, 6.45) is 0. The maximum atomic E-state index is 12.9. The van der Waals surface area contributed by atoms with Gasteiger partial charge in [0.1, 0.15) is 5.52 Å². The van der Waals surface area contributed by atoms with Crippen LogP contribution in [-0.4, -0.2) is 56.8 Å². The predicted octanol–water partition coefficient (Wildman–Crippen LogP) is 1.70. The Labute approximate surface area is 162 Å². The summed E-state index contributed by atoms with van der Waals surface area (Å²) < 4.78 is 33.0. The lowest BCUT2D eigenvalue weighted by atomic mass is 10.2. The first kappa shape index (κ1) is 18.5. The zero-order valence-corrected chi connectivity index (χ0v) is 16.1. The third kappa shape index (κ3) is 3.34. The molecule has 0 unspecified atom stereocenters. The lowest BCUT2D eigenvalue weighted by Gasteiger charge is -2.33. The van der Waals surface area contributed by atoms with E-state index in [1.165, 1.54) is 35.6 Å². The van der Waals surface area contributed by atoms with E-state index in [-0.39, 0.29) is 10.8 Å². The Morgan fingerprint density at radius 2 is 1.71 bits per heavy atom. The minimum atomic E-state index is -3.62. The first-order chi connectivity index (χ1) is 13.5. The van der Waals surface area contributed by atoms with Crippen LogP contribution in [0.4, 0.5) is 6.01 Å². The number of rotatable bonds is 4. The number of amides is 1. The van der Waals surface area contributed by atoms with Crippen molar-refractivity contribution in [1.82, 2.24) is 14.6 Å². The van der Waals surface area contributed by atoms with E-state index in [2.05, 4.69) is 10.3 Å². The number of carbonyl (C=O) groups excluding carboxylic acids is 1. The number of aromatic nitrogens is 1. The Kier molecular flexibility index (Phi) is 4.78. The third-order valence-corrected chi connectivity index (χ3v) is 6.69. The van der Waals surface area contributed by atoms with Gasteiger partial charge in [-0.1, -0.05) is 12.1 Å². The highest BCUT2D eigenvalue weighted by Crippen LogP contribution is 2.24. The van der Waals surface area contributed by atoms with Crippen LogP contribution in [0, 0.1) is 0 Å². The van der Waals surface area contributed by atoms with E-state index in [0.29, 0.717) is 43.3 Å². The van der Waals surface area contributed by atoms with Crippen molar-refractivity contribution < 1.29 is 17.6 Å². The average molecular weight is 400 g/mol. The summed E-state index contributed by atoms with van der Waals surface area (Å²) in [7, 11) is -2.09. The average Bonchev–Trinajstić information content (AvgIpc) is 3.17. The minimum absolute atomic E-state index is 0.176. The van der Waals surface area contributed by atoms with E-state index in [4.69, 9.17) is 4.42 Å². The molecule has 1 N–H and O–H groups in total. The van der Waals surface area contributed by atoms with Gasteiger partial charge in [-0.25, -0.2) is 8.42 Å². The van der Waals surface area contributed by atoms with Crippen molar-refractivity contribution in [1.29, 1.82) is 0 Å². The maximum Gasteiger partial charge on any atom is 0.298 e. The fraction of sp³-hybridized carbons (Fsp3) is 0.263. The van der Waals surface area contributed by atoms with Gasteiger partial charge >= 0.3 is 0 Å². The fourth-order valence-corrected chi connectivity index (χ4v) is 4.61. The van der Waals surface area contributed by atoms with Crippen LogP contribution in [0.3, 0.4) is 0 Å². The van der Waals surface area contributed by atoms with Gasteiger partial charge in [0.25, 0.3) is 11.9 Å². The normalized spacial score (nSPS) is 15.7. The number of hydrogen-bond donors (Lipinski definition) is 1. The summed E-state index contributed by atoms with van der Waals surface area (Å²) in [6.45, 7) is 1.64. The Morgan fingerprint density at radius 1 is 1.04 bits per heavy atom. The molecular formula is C19H20N4O4S. The molecule has 1 amide bonds. The van der Waals surface area contributed by atoms with E-state index in [1.54, 1.807) is 0 Å². The predicted molar refractivity (Wildman–Crippen MR) is 105 cm³/mol. The molecule has 0 aliphatic carbocycles. The molecule has 0 atom stereocenters. The summed E-state index contributed by atoms with van der Waals surface area (Å²) in [4.78, 5) is 18.2. The van der Waals surface area contributed by atoms with Crippen molar-refractivity contribution in [2.45, 2.75) is 4.90 Å². The van der Waals surface area contributed by atoms with Gasteiger partial charge in [0.2, 0.25) is 10.0 Å². The van der Waals surface area contributed by atoms with Gasteiger partial charge in [0, 0.05) is 38.8 Å². The highest BCUT2D eigenvalue weighted by Gasteiger charge is 2.30. The smallest absolute Gasteiger partial charge is 0.298 e. The molecule has 0 bridgehead atoms. The lowest BCUT2D eigenvalue weighted by molar-refractivity contribution is 0.0963. The molecule has 2 heterocycles. The number of benzene rings is 2. The molecule has 0 radical (unpaired) electrons. The first-order valence-electron chi connectivity index (χ1n) is 8.92. The molecule has 1 aromatic heterocycles. The van der Waals surface area contributed by atoms with Crippen LogP contribution < -0.4 is 10.2 Å². The van der Waals surface area contributed by atoms with Crippen molar-refractivity contribution in [3.8, 4) is 0 Å². The molecule has 0 spiro atoms. The second-order valence-electron chi connectivity index (χ2n) is 6.46. The van der Waals surface area contributed by atoms with Gasteiger partial charge in [-0.05, 0) is 36.4 Å². The summed E-state index contributed by atoms with van der Waals surface area (Å²) in [5.74, 6) is -0.254. The number of fused-ring (bicyclic) bond motifs is 1. The van der Waals surface area contributed by atoms with E-state index < -0.39 is 10.0 Å². The minimum Gasteiger partial charge on any atom is -0.423 e. The van der Waals surface area contributed by atoms with E-state index in [0.717, 1.165) is 5.52 Å². The monoisotopic (exact) mass is 400 g/mol. The molecule has 4 rings (SSSR count). The molecule has 1 fully saturated rings. The zero-order valence-electron chi connectivity index (χ0n) is 15.3. The summed E-state index contributed by atoms with van der Waals surface area (Å²) in [6, 6.07) is 14.0. The molecule has 3 aromatic rings. The molecule has 0 saturated carbocycles. The number of piperazine rings is 1. The van der Waals surface area contributed by atoms with Crippen molar-refractivity contribution in [2.75, 3.05) is 38.1 Å². The van der Waals surface area contributed by atoms with Crippen molar-refractivity contribution in [2.24, 2.45) is 0 Å². The number of anilines is 1. The molecule has 1 aliphatic heterocycles. The van der Waals surface area contributed by atoms with Crippen LogP contribution in [0.15, 0.2) is 57.8 Å². The molecule has 9 heteroatoms. The molecule has 1 saturated heterocycles. The van der Waals surface area contributed by atoms with Gasteiger partial charge in [0.15, 0.2) is 5.58 Å². The lowest BCUT2D eigenvalue weighted by Crippen LogP contribution is -2.48. The first-order valence-corrected chi connectivity index (χ1v) is 10.4. The second kappa shape index (κ2) is 7.25. The third-order valence-electron chi connectivity index (χ3n) is 4.77. The summed E-state index contributed by atoms with van der Waals surface area (Å²) in [5, 5.41) is 2.51. The van der Waals surface area contributed by atoms with E-state index in [9.17, 15) is 13.2 Å². The second-order valence-corrected chi connectivity index (χ2v) is 8.40. The number of para-hydroxylation sites is 2. The molecule has 28 heavy (non-hydrogen) atoms. The van der Waals surface area contributed by atoms with Gasteiger partial charge in [-0.3, -0.25) is 4.79 Å². The van der Waals surface area contributed by atoms with E-state index in [1.807, 2.05) is 29.2 Å². The molecule has 8 nitrogen and oxygen atoms in total. The number of nitrogens with zero attached hydrogens (tertiary/aromatic N) is 3. The van der Waals surface area contributed by atoms with Crippen molar-refractivity contribution >= 4 is 33.0 Å². The molecular weight excluding hydrogens is 380 g/mol. The summed E-state index contributed by atoms with van der Waals surface area (Å²) >= 11 is 0. The van der Waals surface area contributed by atoms with Crippen LogP contribution in [0.1, 0.15) is 10.4 Å². The number of sulfonamides is 1. The number of nitrogens with one attached hydrogen (secondary N) is 1. The highest BCUT2D eigenvalue weighted by molar-refractivity contribution is 7.89. The Morgan fingerprint density at radius 3 is 2.36 bits per heavy atom. The largest absolute Gasteiger partial charge is 0.423 e. The van der Waals surface area contributed by atoms with Gasteiger partial charge in [-0.15, -0.1) is 0 Å². The zero-order chi connectivity index (χ0) is 19.7. The van der Waals surface area contributed by atoms with Crippen LogP contribution >= 0.6 is 0 Å². The van der Waals surface area contributed by atoms with Crippen LogP contribution in [0.2, 0.25) is 0 Å². The number of oxazole rings is 1. The maximum absolute atomic E-state index is 12.9. The number of hydrogen-bond acceptors (Lipinski definition) is 6. The van der Waals surface area contributed by atoms with Crippen LogP contribution in [0.25, 0.3) is 11.1 Å². The van der Waals surface area contributed by atoms with Gasteiger partial charge < -0.3 is 14.6 Å². The standard InChI is InChI=1S/C19H20N4O4S/c1-20-18(24)14-6-8-15(9-7-14)28(25,26)23-12-10-22(11-13-23)19-21-16-4-2-3-5-17(16)27-19/h2-9H,10-13H2,1H3,(H,20,24). The topological polar surface area (TPSA) is 95.8 Å². The molecule has 1 aliphatic rings. The number of carbonyl (C=O) groups is 1. The van der Waals surface area contributed by atoms with Gasteiger partial charge in [0.05, 0.1) is 4.90 Å². The van der Waals surface area contributed by atoms with Crippen molar-refractivity contribution in [3.05, 3.63) is 54.1 Å². The van der Waals surface area contributed by atoms with E-state index >= 15 is 0 Å². The molecule has 146 valence electrons. The quantitative estimate of drug-likeness (QED) is 0.716. The molecule has 2 aromatic carbocycles. The Bertz CT molecular complexity index is 1070. The van der Waals surface area contributed by atoms with Crippen LogP contribution in [-0.2, 0) is 10.0 Å². The summed E-state index contributed by atoms with van der Waals surface area (Å²) in [5.41, 5.74) is 1.91. The Hall–Kier alpha value is -2.91. The fourth-order valence-electron chi connectivity index (χ4n) is 3.19.